The normalized spacial score (nSPS) is 14.4. The zero-order valence-corrected chi connectivity index (χ0v) is 11.1. The van der Waals surface area contributed by atoms with Crippen LogP contribution in [0.5, 0.6) is 0 Å². The van der Waals surface area contributed by atoms with E-state index in [2.05, 4.69) is 10.2 Å². The van der Waals surface area contributed by atoms with E-state index in [0.29, 0.717) is 23.3 Å². The summed E-state index contributed by atoms with van der Waals surface area (Å²) in [6.07, 6.45) is 2.58. The van der Waals surface area contributed by atoms with Gasteiger partial charge >= 0.3 is 0 Å². The molecular formula is C10H12N4OS2. The van der Waals surface area contributed by atoms with Crippen LogP contribution in [-0.4, -0.2) is 27.9 Å². The molecule has 0 N–H and O–H groups in total. The largest absolute Gasteiger partial charge is 0.284 e. The van der Waals surface area contributed by atoms with Crippen LogP contribution in [0.4, 0.5) is 5.13 Å². The molecule has 7 heteroatoms. The predicted molar refractivity (Wildman–Crippen MR) is 67.0 cm³/mol. The Balaban J connectivity index is 2.11. The number of carbonyl (C=O) groups excluding carboxylic acids is 1. The molecule has 0 bridgehead atoms. The molecule has 0 aliphatic heterocycles. The number of aromatic nitrogens is 2. The molecule has 1 aliphatic rings. The summed E-state index contributed by atoms with van der Waals surface area (Å²) in [7, 11) is 0. The highest BCUT2D eigenvalue weighted by Gasteiger charge is 2.35. The second-order valence-corrected chi connectivity index (χ2v) is 5.82. The fraction of sp³-hybridized carbons (Fsp3) is 0.600. The molecule has 0 aromatic carbocycles. The Kier molecular flexibility index (Phi) is 3.97. The van der Waals surface area contributed by atoms with Gasteiger partial charge < -0.3 is 0 Å². The van der Waals surface area contributed by atoms with E-state index in [1.807, 2.05) is 13.0 Å². The predicted octanol–water partition coefficient (Wildman–Crippen LogP) is 2.06. The molecule has 0 spiro atoms. The molecule has 0 radical (unpaired) electrons. The first-order valence-corrected chi connectivity index (χ1v) is 7.21. The Morgan fingerprint density at radius 3 is 3.00 bits per heavy atom. The highest BCUT2D eigenvalue weighted by Crippen LogP contribution is 2.35. The van der Waals surface area contributed by atoms with Gasteiger partial charge in [-0.15, -0.1) is 10.2 Å². The zero-order valence-electron chi connectivity index (χ0n) is 9.42. The van der Waals surface area contributed by atoms with Crippen molar-refractivity contribution >= 4 is 34.1 Å². The lowest BCUT2D eigenvalue weighted by atomic mass is 10.4. The maximum absolute atomic E-state index is 11.8. The first kappa shape index (κ1) is 12.3. The van der Waals surface area contributed by atoms with Gasteiger partial charge in [-0.1, -0.05) is 30.0 Å². The van der Waals surface area contributed by atoms with E-state index < -0.39 is 0 Å². The Morgan fingerprint density at radius 2 is 2.41 bits per heavy atom. The molecule has 1 amide bonds. The van der Waals surface area contributed by atoms with Crippen LogP contribution in [0.25, 0.3) is 0 Å². The molecule has 0 atom stereocenters. The third-order valence-corrected chi connectivity index (χ3v) is 4.27. The van der Waals surface area contributed by atoms with Crippen molar-refractivity contribution in [3.05, 3.63) is 0 Å². The van der Waals surface area contributed by atoms with Crippen LogP contribution in [0.3, 0.4) is 0 Å². The van der Waals surface area contributed by atoms with Crippen molar-refractivity contribution in [2.75, 3.05) is 10.7 Å². The number of carbonyl (C=O) groups is 1. The molecule has 17 heavy (non-hydrogen) atoms. The molecule has 0 saturated heterocycles. The van der Waals surface area contributed by atoms with Gasteiger partial charge in [0.25, 0.3) is 0 Å². The average molecular weight is 268 g/mol. The van der Waals surface area contributed by atoms with Gasteiger partial charge in [-0.3, -0.25) is 9.69 Å². The van der Waals surface area contributed by atoms with Crippen LogP contribution in [0.1, 0.15) is 26.2 Å². The van der Waals surface area contributed by atoms with Crippen LogP contribution in [0.2, 0.25) is 0 Å². The molecule has 1 heterocycles. The van der Waals surface area contributed by atoms with Gasteiger partial charge in [0.05, 0.1) is 11.8 Å². The number of hydrogen-bond acceptors (Lipinski definition) is 6. The van der Waals surface area contributed by atoms with Gasteiger partial charge in [-0.25, -0.2) is 0 Å². The van der Waals surface area contributed by atoms with Gasteiger partial charge in [0.15, 0.2) is 4.34 Å². The van der Waals surface area contributed by atoms with Gasteiger partial charge in [-0.05, 0) is 12.8 Å². The standard InChI is InChI=1S/C10H12N4OS2/c1-2-8(15)14(7-3-4-7)9-12-13-10(17-9)16-6-5-11/h7H,2-4,6H2,1H3. The molecule has 0 unspecified atom stereocenters. The second kappa shape index (κ2) is 5.47. The quantitative estimate of drug-likeness (QED) is 0.604. The average Bonchev–Trinajstić information content (AvgIpc) is 3.06. The fourth-order valence-electron chi connectivity index (χ4n) is 1.42. The molecule has 2 rings (SSSR count). The van der Waals surface area contributed by atoms with Gasteiger partial charge in [-0.2, -0.15) is 5.26 Å². The van der Waals surface area contributed by atoms with Crippen molar-refractivity contribution in [3.8, 4) is 6.07 Å². The number of amides is 1. The van der Waals surface area contributed by atoms with E-state index in [-0.39, 0.29) is 5.91 Å². The summed E-state index contributed by atoms with van der Waals surface area (Å²) in [5, 5.41) is 17.2. The van der Waals surface area contributed by atoms with Crippen LogP contribution in [-0.2, 0) is 4.79 Å². The van der Waals surface area contributed by atoms with E-state index in [9.17, 15) is 4.79 Å². The summed E-state index contributed by atoms with van der Waals surface area (Å²) in [6, 6.07) is 2.35. The van der Waals surface area contributed by atoms with Crippen molar-refractivity contribution in [2.45, 2.75) is 36.6 Å². The highest BCUT2D eigenvalue weighted by atomic mass is 32.2. The minimum Gasteiger partial charge on any atom is -0.284 e. The Bertz CT molecular complexity index is 449. The summed E-state index contributed by atoms with van der Waals surface area (Å²) in [5.41, 5.74) is 0. The molecule has 1 aromatic heterocycles. The third kappa shape index (κ3) is 2.96. The van der Waals surface area contributed by atoms with Gasteiger partial charge in [0.2, 0.25) is 11.0 Å². The first-order valence-electron chi connectivity index (χ1n) is 5.41. The van der Waals surface area contributed by atoms with Crippen LogP contribution in [0, 0.1) is 11.3 Å². The second-order valence-electron chi connectivity index (χ2n) is 3.65. The molecule has 1 aliphatic carbocycles. The van der Waals surface area contributed by atoms with Crippen molar-refractivity contribution < 1.29 is 4.79 Å². The lowest BCUT2D eigenvalue weighted by molar-refractivity contribution is -0.118. The smallest absolute Gasteiger partial charge is 0.228 e. The Hall–Kier alpha value is -1.13. The molecule has 1 fully saturated rings. The van der Waals surface area contributed by atoms with Crippen LogP contribution >= 0.6 is 23.1 Å². The summed E-state index contributed by atoms with van der Waals surface area (Å²) in [4.78, 5) is 13.6. The summed E-state index contributed by atoms with van der Waals surface area (Å²) >= 11 is 2.74. The Labute approximate surface area is 108 Å². The van der Waals surface area contributed by atoms with Crippen molar-refractivity contribution in [1.29, 1.82) is 5.26 Å². The van der Waals surface area contributed by atoms with E-state index in [1.54, 1.807) is 4.90 Å². The topological polar surface area (TPSA) is 69.9 Å². The molecule has 1 aromatic rings. The minimum absolute atomic E-state index is 0.0977. The van der Waals surface area contributed by atoms with Crippen molar-refractivity contribution in [3.63, 3.8) is 0 Å². The number of thioether (sulfide) groups is 1. The van der Waals surface area contributed by atoms with Gasteiger partial charge in [0.1, 0.15) is 0 Å². The number of nitrogens with zero attached hydrogens (tertiary/aromatic N) is 4. The van der Waals surface area contributed by atoms with Crippen LogP contribution in [0.15, 0.2) is 4.34 Å². The molecular weight excluding hydrogens is 256 g/mol. The SMILES string of the molecule is CCC(=O)N(c1nnc(SCC#N)s1)C1CC1. The van der Waals surface area contributed by atoms with E-state index in [1.165, 1.54) is 23.1 Å². The van der Waals surface area contributed by atoms with Crippen molar-refractivity contribution in [2.24, 2.45) is 0 Å². The highest BCUT2D eigenvalue weighted by molar-refractivity contribution is 8.01. The molecule has 90 valence electrons. The van der Waals surface area contributed by atoms with E-state index in [0.717, 1.165) is 17.2 Å². The van der Waals surface area contributed by atoms with E-state index in [4.69, 9.17) is 5.26 Å². The number of hydrogen-bond donors (Lipinski definition) is 0. The van der Waals surface area contributed by atoms with Crippen molar-refractivity contribution in [1.82, 2.24) is 10.2 Å². The summed E-state index contributed by atoms with van der Waals surface area (Å²) in [6.45, 7) is 1.85. The first-order chi connectivity index (χ1) is 8.26. The fourth-order valence-corrected chi connectivity index (χ4v) is 3.01. The lowest BCUT2D eigenvalue weighted by Crippen LogP contribution is -2.32. The van der Waals surface area contributed by atoms with Crippen LogP contribution < -0.4 is 4.90 Å². The number of nitriles is 1. The molecule has 5 nitrogen and oxygen atoms in total. The lowest BCUT2D eigenvalue weighted by Gasteiger charge is -2.17. The van der Waals surface area contributed by atoms with E-state index >= 15 is 0 Å². The maximum Gasteiger partial charge on any atom is 0.228 e. The number of anilines is 1. The molecule has 1 saturated carbocycles. The monoisotopic (exact) mass is 268 g/mol. The summed E-state index contributed by atoms with van der Waals surface area (Å²) < 4.78 is 0.746. The Morgan fingerprint density at radius 1 is 1.65 bits per heavy atom. The maximum atomic E-state index is 11.8. The third-order valence-electron chi connectivity index (χ3n) is 2.35. The van der Waals surface area contributed by atoms with Gasteiger partial charge in [0, 0.05) is 12.5 Å². The minimum atomic E-state index is 0.0977. The number of rotatable bonds is 5. The summed E-state index contributed by atoms with van der Waals surface area (Å²) in [5.74, 6) is 0.459. The zero-order chi connectivity index (χ0) is 12.3.